The minimum Gasteiger partial charge on any atom is -0.388 e. The Morgan fingerprint density at radius 2 is 2.06 bits per heavy atom. The van der Waals surface area contributed by atoms with Gasteiger partial charge in [-0.15, -0.1) is 0 Å². The zero-order valence-electron chi connectivity index (χ0n) is 11.0. The third kappa shape index (κ3) is 4.85. The fourth-order valence-electron chi connectivity index (χ4n) is 1.50. The van der Waals surface area contributed by atoms with Crippen molar-refractivity contribution in [2.75, 3.05) is 6.54 Å². The van der Waals surface area contributed by atoms with Gasteiger partial charge in [0.1, 0.15) is 0 Å². The van der Waals surface area contributed by atoms with E-state index in [4.69, 9.17) is 5.73 Å². The highest BCUT2D eigenvalue weighted by molar-refractivity contribution is 5.76. The second kappa shape index (κ2) is 6.52. The summed E-state index contributed by atoms with van der Waals surface area (Å²) in [5.74, 6) is -0.139. The first-order chi connectivity index (χ1) is 8.44. The van der Waals surface area contributed by atoms with Crippen molar-refractivity contribution >= 4 is 5.91 Å². The summed E-state index contributed by atoms with van der Waals surface area (Å²) in [6.07, 6.45) is 0.821. The van der Waals surface area contributed by atoms with Crippen LogP contribution in [0.3, 0.4) is 0 Å². The van der Waals surface area contributed by atoms with Gasteiger partial charge in [-0.2, -0.15) is 0 Å². The van der Waals surface area contributed by atoms with Crippen LogP contribution in [0.1, 0.15) is 38.3 Å². The van der Waals surface area contributed by atoms with Crippen LogP contribution >= 0.6 is 0 Å². The van der Waals surface area contributed by atoms with E-state index in [-0.39, 0.29) is 24.9 Å². The molecule has 0 radical (unpaired) electrons. The van der Waals surface area contributed by atoms with Gasteiger partial charge in [-0.25, -0.2) is 0 Å². The van der Waals surface area contributed by atoms with Gasteiger partial charge in [-0.3, -0.25) is 4.79 Å². The van der Waals surface area contributed by atoms with Gasteiger partial charge in [-0.05, 0) is 18.9 Å². The fourth-order valence-corrected chi connectivity index (χ4v) is 1.50. The Balaban J connectivity index is 2.41. The molecule has 4 N–H and O–H groups in total. The molecule has 0 saturated heterocycles. The topological polar surface area (TPSA) is 75.3 Å². The monoisotopic (exact) mass is 250 g/mol. The van der Waals surface area contributed by atoms with Crippen LogP contribution in [0.4, 0.5) is 0 Å². The maximum Gasteiger partial charge on any atom is 0.222 e. The predicted octanol–water partition coefficient (Wildman–Crippen LogP) is 1.35. The molecule has 4 heteroatoms. The number of nitrogens with two attached hydrogens (primary N) is 1. The summed E-state index contributed by atoms with van der Waals surface area (Å²) in [6.45, 7) is 3.83. The molecule has 4 nitrogen and oxygen atoms in total. The molecule has 1 rings (SSSR count). The van der Waals surface area contributed by atoms with Crippen molar-refractivity contribution in [2.24, 2.45) is 5.73 Å². The lowest BCUT2D eigenvalue weighted by Gasteiger charge is -2.22. The first-order valence-corrected chi connectivity index (χ1v) is 6.24. The highest BCUT2D eigenvalue weighted by atomic mass is 16.3. The molecule has 0 aliphatic rings. The van der Waals surface area contributed by atoms with Crippen LogP contribution in [0.15, 0.2) is 30.3 Å². The van der Waals surface area contributed by atoms with Crippen molar-refractivity contribution in [3.05, 3.63) is 35.9 Å². The summed E-state index contributed by atoms with van der Waals surface area (Å²) in [5, 5.41) is 12.5. The second-order valence-electron chi connectivity index (χ2n) is 4.85. The Morgan fingerprint density at radius 1 is 1.44 bits per heavy atom. The number of amides is 1. The zero-order valence-corrected chi connectivity index (χ0v) is 11.0. The molecule has 2 unspecified atom stereocenters. The van der Waals surface area contributed by atoms with Crippen molar-refractivity contribution in [3.8, 4) is 0 Å². The average Bonchev–Trinajstić information content (AvgIpc) is 2.37. The summed E-state index contributed by atoms with van der Waals surface area (Å²) in [4.78, 5) is 11.7. The molecule has 18 heavy (non-hydrogen) atoms. The van der Waals surface area contributed by atoms with Crippen LogP contribution in [-0.2, 0) is 4.79 Å². The summed E-state index contributed by atoms with van der Waals surface area (Å²) in [5.41, 5.74) is 6.03. The molecule has 0 aromatic heterocycles. The number of benzene rings is 1. The van der Waals surface area contributed by atoms with Crippen molar-refractivity contribution in [1.29, 1.82) is 0 Å². The first kappa shape index (κ1) is 14.7. The Hall–Kier alpha value is -1.39. The quantitative estimate of drug-likeness (QED) is 0.713. The van der Waals surface area contributed by atoms with Gasteiger partial charge >= 0.3 is 0 Å². The molecule has 1 aromatic carbocycles. The second-order valence-corrected chi connectivity index (χ2v) is 4.85. The molecule has 0 bridgehead atoms. The van der Waals surface area contributed by atoms with Crippen molar-refractivity contribution in [1.82, 2.24) is 5.32 Å². The van der Waals surface area contributed by atoms with Crippen LogP contribution in [0.25, 0.3) is 0 Å². The minimum absolute atomic E-state index is 0.139. The Labute approximate surface area is 108 Å². The summed E-state index contributed by atoms with van der Waals surface area (Å²) < 4.78 is 0. The maximum absolute atomic E-state index is 11.7. The number of carbonyl (C=O) groups is 1. The molecule has 100 valence electrons. The smallest absolute Gasteiger partial charge is 0.222 e. The summed E-state index contributed by atoms with van der Waals surface area (Å²) in [7, 11) is 0. The lowest BCUT2D eigenvalue weighted by atomic mass is 10.0. The van der Waals surface area contributed by atoms with E-state index in [0.29, 0.717) is 6.42 Å². The number of rotatable bonds is 6. The molecule has 1 aromatic rings. The number of nitrogens with one attached hydrogen (secondary N) is 1. The van der Waals surface area contributed by atoms with E-state index in [9.17, 15) is 9.90 Å². The van der Waals surface area contributed by atoms with E-state index < -0.39 is 5.60 Å². The highest BCUT2D eigenvalue weighted by Gasteiger charge is 2.19. The molecular formula is C14H22N2O2. The third-order valence-electron chi connectivity index (χ3n) is 3.06. The largest absolute Gasteiger partial charge is 0.388 e. The van der Waals surface area contributed by atoms with E-state index in [0.717, 1.165) is 5.56 Å². The van der Waals surface area contributed by atoms with E-state index >= 15 is 0 Å². The van der Waals surface area contributed by atoms with E-state index in [1.54, 1.807) is 6.92 Å². The Kier molecular flexibility index (Phi) is 5.31. The minimum atomic E-state index is -0.855. The van der Waals surface area contributed by atoms with Gasteiger partial charge < -0.3 is 16.2 Å². The molecule has 0 heterocycles. The molecule has 2 atom stereocenters. The predicted molar refractivity (Wildman–Crippen MR) is 71.9 cm³/mol. The van der Waals surface area contributed by atoms with Gasteiger partial charge in [0.05, 0.1) is 5.60 Å². The Bertz CT molecular complexity index is 377. The van der Waals surface area contributed by atoms with Crippen LogP contribution in [0, 0.1) is 0 Å². The molecule has 0 aliphatic heterocycles. The van der Waals surface area contributed by atoms with E-state index in [2.05, 4.69) is 5.32 Å². The molecule has 0 saturated carbocycles. The van der Waals surface area contributed by atoms with Gasteiger partial charge in [0, 0.05) is 19.0 Å². The van der Waals surface area contributed by atoms with Crippen LogP contribution in [0.2, 0.25) is 0 Å². The highest BCUT2D eigenvalue weighted by Crippen LogP contribution is 2.13. The van der Waals surface area contributed by atoms with Crippen molar-refractivity contribution in [2.45, 2.75) is 38.3 Å². The van der Waals surface area contributed by atoms with Crippen LogP contribution < -0.4 is 11.1 Å². The van der Waals surface area contributed by atoms with E-state index in [1.807, 2.05) is 37.3 Å². The molecule has 0 spiro atoms. The fraction of sp³-hybridized carbons (Fsp3) is 0.500. The standard InChI is InChI=1S/C14H22N2O2/c1-3-14(2,18)10-16-13(17)9-12(15)11-7-5-4-6-8-11/h4-8,12,18H,3,9-10,15H2,1-2H3,(H,16,17). The molecule has 1 amide bonds. The summed E-state index contributed by atoms with van der Waals surface area (Å²) in [6, 6.07) is 9.21. The van der Waals surface area contributed by atoms with E-state index in [1.165, 1.54) is 0 Å². The SMILES string of the molecule is CCC(C)(O)CNC(=O)CC(N)c1ccccc1. The average molecular weight is 250 g/mol. The number of carbonyl (C=O) groups excluding carboxylic acids is 1. The third-order valence-corrected chi connectivity index (χ3v) is 3.06. The van der Waals surface area contributed by atoms with Gasteiger partial charge in [0.25, 0.3) is 0 Å². The maximum atomic E-state index is 11.7. The number of hydrogen-bond donors (Lipinski definition) is 3. The van der Waals surface area contributed by atoms with Crippen LogP contribution in [0.5, 0.6) is 0 Å². The lowest BCUT2D eigenvalue weighted by molar-refractivity contribution is -0.122. The number of aliphatic hydroxyl groups is 1. The lowest BCUT2D eigenvalue weighted by Crippen LogP contribution is -2.40. The van der Waals surface area contributed by atoms with Crippen LogP contribution in [-0.4, -0.2) is 23.2 Å². The molecule has 0 aliphatic carbocycles. The van der Waals surface area contributed by atoms with Crippen molar-refractivity contribution < 1.29 is 9.90 Å². The van der Waals surface area contributed by atoms with Gasteiger partial charge in [-0.1, -0.05) is 37.3 Å². The van der Waals surface area contributed by atoms with Gasteiger partial charge in [0.15, 0.2) is 0 Å². The Morgan fingerprint density at radius 3 is 2.61 bits per heavy atom. The molecular weight excluding hydrogens is 228 g/mol. The summed E-state index contributed by atoms with van der Waals surface area (Å²) >= 11 is 0. The van der Waals surface area contributed by atoms with Crippen molar-refractivity contribution in [3.63, 3.8) is 0 Å². The molecule has 0 fully saturated rings. The first-order valence-electron chi connectivity index (χ1n) is 6.24. The van der Waals surface area contributed by atoms with Gasteiger partial charge in [0.2, 0.25) is 5.91 Å². The zero-order chi connectivity index (χ0) is 13.6. The number of hydrogen-bond acceptors (Lipinski definition) is 3. The normalized spacial score (nSPS) is 15.8.